The number of hydrogen-bond acceptors (Lipinski definition) is 9. The van der Waals surface area contributed by atoms with Crippen LogP contribution in [0.2, 0.25) is 0 Å². The lowest BCUT2D eigenvalue weighted by atomic mass is 10.1. The molecule has 0 aliphatic carbocycles. The number of amidine groups is 1. The van der Waals surface area contributed by atoms with E-state index < -0.39 is 0 Å². The Morgan fingerprint density at radius 2 is 1.70 bits per heavy atom. The molecule has 0 bridgehead atoms. The number of aryl methyl sites for hydroxylation is 1. The highest BCUT2D eigenvalue weighted by molar-refractivity contribution is 6.01. The summed E-state index contributed by atoms with van der Waals surface area (Å²) >= 11 is 0. The molecular formula is C28H28N8O. The van der Waals surface area contributed by atoms with Crippen LogP contribution in [0, 0.1) is 6.92 Å². The van der Waals surface area contributed by atoms with E-state index in [9.17, 15) is 0 Å². The molecule has 2 aliphatic heterocycles. The van der Waals surface area contributed by atoms with E-state index in [0.717, 1.165) is 66.0 Å². The largest absolute Gasteiger partial charge is 0.378 e. The Morgan fingerprint density at radius 3 is 2.54 bits per heavy atom. The maximum atomic E-state index is 5.49. The molecule has 37 heavy (non-hydrogen) atoms. The maximum Gasteiger partial charge on any atom is 0.227 e. The Morgan fingerprint density at radius 1 is 0.865 bits per heavy atom. The first kappa shape index (κ1) is 22.9. The second kappa shape index (κ2) is 10.2. The van der Waals surface area contributed by atoms with Crippen molar-refractivity contribution in [3.8, 4) is 11.3 Å². The second-order valence-corrected chi connectivity index (χ2v) is 8.96. The number of hydrazine groups is 1. The van der Waals surface area contributed by atoms with Crippen molar-refractivity contribution < 1.29 is 4.74 Å². The molecule has 9 heteroatoms. The molecule has 186 valence electrons. The van der Waals surface area contributed by atoms with Gasteiger partial charge in [0, 0.05) is 53.7 Å². The van der Waals surface area contributed by atoms with Crippen LogP contribution in [0.15, 0.2) is 84.1 Å². The summed E-state index contributed by atoms with van der Waals surface area (Å²) in [6.45, 7) is 5.84. The Balaban J connectivity index is 1.12. The molecule has 0 radical (unpaired) electrons. The monoisotopic (exact) mass is 492 g/mol. The molecule has 2 N–H and O–H groups in total. The van der Waals surface area contributed by atoms with E-state index in [1.165, 1.54) is 5.69 Å². The lowest BCUT2D eigenvalue weighted by Gasteiger charge is -2.29. The van der Waals surface area contributed by atoms with Gasteiger partial charge in [0.25, 0.3) is 0 Å². The molecule has 4 heterocycles. The molecule has 1 saturated heterocycles. The van der Waals surface area contributed by atoms with E-state index in [-0.39, 0.29) is 0 Å². The SMILES string of the molecule is Cc1cc(C2=NCN(c3ccc(Nc4nccc(-c5cccc(N6CCOCC6)c5)n4)cc3)N2)ccn1. The van der Waals surface area contributed by atoms with Gasteiger partial charge < -0.3 is 15.0 Å². The number of benzene rings is 2. The normalized spacial score (nSPS) is 15.3. The first-order valence-corrected chi connectivity index (χ1v) is 12.4. The summed E-state index contributed by atoms with van der Waals surface area (Å²) in [7, 11) is 0. The smallest absolute Gasteiger partial charge is 0.227 e. The van der Waals surface area contributed by atoms with Crippen molar-refractivity contribution >= 4 is 28.8 Å². The van der Waals surface area contributed by atoms with Gasteiger partial charge in [0.15, 0.2) is 0 Å². The molecule has 0 spiro atoms. The standard InChI is InChI=1S/C28H28N8O/c1-20-17-22(9-11-29-20)27-31-19-36(34-27)24-7-5-23(6-8-24)32-28-30-12-10-26(33-28)21-3-2-4-25(18-21)35-13-15-37-16-14-35/h2-12,17-18H,13-16,19H2,1H3,(H,31,34)(H,30,32,33). The third-order valence-electron chi connectivity index (χ3n) is 6.39. The minimum Gasteiger partial charge on any atom is -0.378 e. The topological polar surface area (TPSA) is 90.8 Å². The number of morpholine rings is 1. The summed E-state index contributed by atoms with van der Waals surface area (Å²) in [5.74, 6) is 1.40. The van der Waals surface area contributed by atoms with Gasteiger partial charge in [-0.1, -0.05) is 12.1 Å². The number of nitrogens with zero attached hydrogens (tertiary/aromatic N) is 6. The van der Waals surface area contributed by atoms with E-state index in [1.807, 2.05) is 54.4 Å². The quantitative estimate of drug-likeness (QED) is 0.415. The highest BCUT2D eigenvalue weighted by Crippen LogP contribution is 2.26. The van der Waals surface area contributed by atoms with Crippen LogP contribution in [0.25, 0.3) is 11.3 Å². The van der Waals surface area contributed by atoms with Gasteiger partial charge >= 0.3 is 0 Å². The zero-order valence-electron chi connectivity index (χ0n) is 20.6. The fourth-order valence-corrected chi connectivity index (χ4v) is 4.45. The van der Waals surface area contributed by atoms with Gasteiger partial charge in [0.2, 0.25) is 5.95 Å². The molecule has 6 rings (SSSR count). The molecule has 1 fully saturated rings. The third kappa shape index (κ3) is 5.22. The van der Waals surface area contributed by atoms with Crippen molar-refractivity contribution in [3.63, 3.8) is 0 Å². The predicted molar refractivity (Wildman–Crippen MR) is 146 cm³/mol. The van der Waals surface area contributed by atoms with Crippen LogP contribution in [0.3, 0.4) is 0 Å². The average molecular weight is 493 g/mol. The van der Waals surface area contributed by atoms with E-state index in [4.69, 9.17) is 9.72 Å². The number of anilines is 4. The summed E-state index contributed by atoms with van der Waals surface area (Å²) in [6.07, 6.45) is 3.59. The van der Waals surface area contributed by atoms with Gasteiger partial charge in [-0.15, -0.1) is 0 Å². The number of aromatic nitrogens is 3. The predicted octanol–water partition coefficient (Wildman–Crippen LogP) is 4.16. The molecule has 2 aromatic heterocycles. The highest BCUT2D eigenvalue weighted by Gasteiger charge is 2.17. The molecule has 0 atom stereocenters. The third-order valence-corrected chi connectivity index (χ3v) is 6.39. The number of nitrogens with one attached hydrogen (secondary N) is 2. The van der Waals surface area contributed by atoms with Crippen molar-refractivity contribution in [2.24, 2.45) is 4.99 Å². The Labute approximate surface area is 215 Å². The van der Waals surface area contributed by atoms with Crippen molar-refractivity contribution in [1.29, 1.82) is 0 Å². The average Bonchev–Trinajstić information content (AvgIpc) is 3.45. The van der Waals surface area contributed by atoms with Crippen LogP contribution in [0.1, 0.15) is 11.3 Å². The summed E-state index contributed by atoms with van der Waals surface area (Å²) in [5.41, 5.74) is 10.4. The number of aliphatic imine (C=N–C) groups is 1. The first-order chi connectivity index (χ1) is 18.2. The minimum atomic E-state index is 0.540. The van der Waals surface area contributed by atoms with Crippen molar-refractivity contribution in [2.75, 3.05) is 48.2 Å². The van der Waals surface area contributed by atoms with Crippen molar-refractivity contribution in [2.45, 2.75) is 6.92 Å². The van der Waals surface area contributed by atoms with E-state index in [2.05, 4.69) is 54.9 Å². The van der Waals surface area contributed by atoms with E-state index in [0.29, 0.717) is 12.6 Å². The lowest BCUT2D eigenvalue weighted by Crippen LogP contribution is -2.36. The highest BCUT2D eigenvalue weighted by atomic mass is 16.5. The number of pyridine rings is 1. The molecule has 2 aliphatic rings. The van der Waals surface area contributed by atoms with Gasteiger partial charge in [-0.25, -0.2) is 15.0 Å². The lowest BCUT2D eigenvalue weighted by molar-refractivity contribution is 0.122. The van der Waals surface area contributed by atoms with E-state index >= 15 is 0 Å². The maximum absolute atomic E-state index is 5.49. The molecule has 2 aromatic carbocycles. The summed E-state index contributed by atoms with van der Waals surface area (Å²) in [4.78, 5) is 20.4. The van der Waals surface area contributed by atoms with Crippen LogP contribution in [-0.2, 0) is 4.74 Å². The van der Waals surface area contributed by atoms with Crippen LogP contribution >= 0.6 is 0 Å². The van der Waals surface area contributed by atoms with Gasteiger partial charge in [0.05, 0.1) is 24.6 Å². The Hall–Kier alpha value is -4.50. The fourth-order valence-electron chi connectivity index (χ4n) is 4.45. The summed E-state index contributed by atoms with van der Waals surface area (Å²) in [6, 6.07) is 22.5. The molecule has 9 nitrogen and oxygen atoms in total. The second-order valence-electron chi connectivity index (χ2n) is 8.96. The van der Waals surface area contributed by atoms with Gasteiger partial charge in [-0.05, 0) is 61.5 Å². The van der Waals surface area contributed by atoms with Gasteiger partial charge in [-0.2, -0.15) is 0 Å². The van der Waals surface area contributed by atoms with Gasteiger partial charge in [0.1, 0.15) is 12.5 Å². The molecule has 4 aromatic rings. The minimum absolute atomic E-state index is 0.540. The summed E-state index contributed by atoms with van der Waals surface area (Å²) < 4.78 is 5.49. The Bertz CT molecular complexity index is 1420. The fraction of sp³-hybridized carbons (Fsp3) is 0.214. The first-order valence-electron chi connectivity index (χ1n) is 12.4. The zero-order valence-corrected chi connectivity index (χ0v) is 20.6. The van der Waals surface area contributed by atoms with Crippen LogP contribution in [-0.4, -0.2) is 53.8 Å². The number of ether oxygens (including phenoxy) is 1. The number of rotatable bonds is 6. The molecular weight excluding hydrogens is 464 g/mol. The summed E-state index contributed by atoms with van der Waals surface area (Å²) in [5, 5.41) is 5.33. The van der Waals surface area contributed by atoms with Crippen LogP contribution in [0.5, 0.6) is 0 Å². The van der Waals surface area contributed by atoms with Gasteiger partial charge in [-0.3, -0.25) is 15.4 Å². The van der Waals surface area contributed by atoms with E-state index in [1.54, 1.807) is 12.4 Å². The van der Waals surface area contributed by atoms with Crippen LogP contribution in [0.4, 0.5) is 23.0 Å². The van der Waals surface area contributed by atoms with Crippen LogP contribution < -0.4 is 20.7 Å². The number of hydrogen-bond donors (Lipinski definition) is 2. The molecule has 0 saturated carbocycles. The molecule has 0 unspecified atom stereocenters. The zero-order chi connectivity index (χ0) is 25.0. The van der Waals surface area contributed by atoms with Crippen molar-refractivity contribution in [1.82, 2.24) is 20.4 Å². The Kier molecular flexibility index (Phi) is 6.35. The van der Waals surface area contributed by atoms with Crippen molar-refractivity contribution in [3.05, 3.63) is 90.4 Å². The molecule has 0 amide bonds.